The van der Waals surface area contributed by atoms with Crippen molar-refractivity contribution in [3.05, 3.63) is 70.6 Å². The molecule has 8 heteroatoms. The molecule has 0 aliphatic heterocycles. The van der Waals surface area contributed by atoms with Crippen molar-refractivity contribution in [3.63, 3.8) is 0 Å². The number of benzene rings is 2. The fourth-order valence-corrected chi connectivity index (χ4v) is 3.23. The maximum Gasteiger partial charge on any atom is 0.322 e. The van der Waals surface area contributed by atoms with E-state index in [4.69, 9.17) is 4.74 Å². The number of halogens is 1. The average molecular weight is 453 g/mol. The number of anilines is 1. The Labute approximate surface area is 153 Å². The number of hydrogen-bond donors (Lipinski definition) is 1. The molecule has 24 heavy (non-hydrogen) atoms. The Balaban J connectivity index is 1.73. The zero-order valence-corrected chi connectivity index (χ0v) is 15.2. The number of nitrogens with one attached hydrogen (secondary N) is 1. The van der Waals surface area contributed by atoms with Crippen LogP contribution in [0.2, 0.25) is 0 Å². The summed E-state index contributed by atoms with van der Waals surface area (Å²) < 4.78 is 33.4. The predicted octanol–water partition coefficient (Wildman–Crippen LogP) is 3.67. The van der Waals surface area contributed by atoms with E-state index < -0.39 is 10.0 Å². The molecule has 0 amide bonds. The topological polar surface area (TPSA) is 81.2 Å². The summed E-state index contributed by atoms with van der Waals surface area (Å²) in [5, 5.41) is 0. The quantitative estimate of drug-likeness (QED) is 0.597. The van der Waals surface area contributed by atoms with Crippen molar-refractivity contribution in [2.45, 2.75) is 4.90 Å². The summed E-state index contributed by atoms with van der Waals surface area (Å²) in [6.45, 7) is 0. The van der Waals surface area contributed by atoms with E-state index in [2.05, 4.69) is 37.3 Å². The molecular formula is C16H12IN3O3S. The van der Waals surface area contributed by atoms with Gasteiger partial charge in [-0.15, -0.1) is 0 Å². The van der Waals surface area contributed by atoms with Crippen LogP contribution in [0.25, 0.3) is 0 Å². The van der Waals surface area contributed by atoms with Crippen LogP contribution in [0.1, 0.15) is 0 Å². The molecule has 0 bridgehead atoms. The number of rotatable bonds is 5. The van der Waals surface area contributed by atoms with Crippen LogP contribution >= 0.6 is 22.6 Å². The Kier molecular flexibility index (Phi) is 4.95. The summed E-state index contributed by atoms with van der Waals surface area (Å²) in [6.07, 6.45) is 2.71. The van der Waals surface area contributed by atoms with Gasteiger partial charge in [0.15, 0.2) is 0 Å². The molecule has 0 aliphatic rings. The Morgan fingerprint density at radius 3 is 2.17 bits per heavy atom. The van der Waals surface area contributed by atoms with Crippen molar-refractivity contribution in [1.82, 2.24) is 9.97 Å². The van der Waals surface area contributed by atoms with Crippen molar-refractivity contribution in [2.75, 3.05) is 4.72 Å². The molecule has 0 radical (unpaired) electrons. The molecule has 2 aromatic carbocycles. The molecule has 122 valence electrons. The third-order valence-electron chi connectivity index (χ3n) is 2.96. The first-order valence-corrected chi connectivity index (χ1v) is 9.42. The molecule has 0 spiro atoms. The van der Waals surface area contributed by atoms with Gasteiger partial charge >= 0.3 is 6.01 Å². The first-order valence-electron chi connectivity index (χ1n) is 6.86. The SMILES string of the molecule is O=S(=O)(Nc1cnc(Oc2ccccc2)nc1)c1ccc(I)cc1. The maximum absolute atomic E-state index is 12.3. The summed E-state index contributed by atoms with van der Waals surface area (Å²) in [6, 6.07) is 15.8. The molecule has 1 N–H and O–H groups in total. The van der Waals surface area contributed by atoms with Crippen molar-refractivity contribution in [1.29, 1.82) is 0 Å². The Hall–Kier alpha value is -2.20. The number of sulfonamides is 1. The van der Waals surface area contributed by atoms with E-state index in [1.807, 2.05) is 18.2 Å². The largest absolute Gasteiger partial charge is 0.424 e. The van der Waals surface area contributed by atoms with Crippen molar-refractivity contribution >= 4 is 38.3 Å². The van der Waals surface area contributed by atoms with Gasteiger partial charge in [-0.1, -0.05) is 18.2 Å². The minimum Gasteiger partial charge on any atom is -0.424 e. The first-order chi connectivity index (χ1) is 11.5. The number of aromatic nitrogens is 2. The Morgan fingerprint density at radius 2 is 1.54 bits per heavy atom. The summed E-state index contributed by atoms with van der Waals surface area (Å²) in [7, 11) is -3.68. The molecule has 6 nitrogen and oxygen atoms in total. The van der Waals surface area contributed by atoms with Gasteiger partial charge in [0.1, 0.15) is 5.75 Å². The number of para-hydroxylation sites is 1. The third kappa shape index (κ3) is 4.20. The van der Waals surface area contributed by atoms with Gasteiger partial charge in [-0.2, -0.15) is 0 Å². The molecule has 0 saturated carbocycles. The first kappa shape index (κ1) is 16.7. The van der Waals surface area contributed by atoms with E-state index in [0.29, 0.717) is 5.75 Å². The molecule has 0 saturated heterocycles. The molecule has 1 heterocycles. The van der Waals surface area contributed by atoms with E-state index in [1.54, 1.807) is 24.3 Å². The van der Waals surface area contributed by atoms with Crippen molar-refractivity contribution in [3.8, 4) is 11.8 Å². The lowest BCUT2D eigenvalue weighted by Crippen LogP contribution is -2.13. The highest BCUT2D eigenvalue weighted by Gasteiger charge is 2.14. The summed E-state index contributed by atoms with van der Waals surface area (Å²) in [4.78, 5) is 8.18. The lowest BCUT2D eigenvalue weighted by molar-refractivity contribution is 0.442. The van der Waals surface area contributed by atoms with Gasteiger partial charge in [0.05, 0.1) is 23.0 Å². The maximum atomic E-state index is 12.3. The highest BCUT2D eigenvalue weighted by atomic mass is 127. The number of ether oxygens (including phenoxy) is 1. The Morgan fingerprint density at radius 1 is 0.917 bits per heavy atom. The zero-order chi connectivity index (χ0) is 17.0. The minimum absolute atomic E-state index is 0.137. The normalized spacial score (nSPS) is 11.0. The van der Waals surface area contributed by atoms with Crippen LogP contribution in [0.4, 0.5) is 5.69 Å². The van der Waals surface area contributed by atoms with Crippen molar-refractivity contribution < 1.29 is 13.2 Å². The minimum atomic E-state index is -3.68. The van der Waals surface area contributed by atoms with Crippen LogP contribution in [-0.2, 0) is 10.0 Å². The predicted molar refractivity (Wildman–Crippen MR) is 98.5 cm³/mol. The van der Waals surface area contributed by atoms with Gasteiger partial charge in [-0.25, -0.2) is 18.4 Å². The average Bonchev–Trinajstić information content (AvgIpc) is 2.58. The van der Waals surface area contributed by atoms with Crippen LogP contribution in [0, 0.1) is 3.57 Å². The number of nitrogens with zero attached hydrogens (tertiary/aromatic N) is 2. The van der Waals surface area contributed by atoms with E-state index in [1.165, 1.54) is 24.5 Å². The lowest BCUT2D eigenvalue weighted by atomic mass is 10.3. The van der Waals surface area contributed by atoms with Crippen LogP contribution < -0.4 is 9.46 Å². The summed E-state index contributed by atoms with van der Waals surface area (Å²) in [5.41, 5.74) is 0.258. The second-order valence-electron chi connectivity index (χ2n) is 4.73. The fraction of sp³-hybridized carbons (Fsp3) is 0. The van der Waals surface area contributed by atoms with Gasteiger partial charge in [0.2, 0.25) is 0 Å². The second kappa shape index (κ2) is 7.14. The van der Waals surface area contributed by atoms with E-state index in [0.717, 1.165) is 3.57 Å². The molecule has 3 aromatic rings. The molecule has 0 fully saturated rings. The highest BCUT2D eigenvalue weighted by molar-refractivity contribution is 14.1. The Bertz CT molecular complexity index is 915. The summed E-state index contributed by atoms with van der Waals surface area (Å²) >= 11 is 2.11. The standard InChI is InChI=1S/C16H12IN3O3S/c17-12-6-8-15(9-7-12)24(21,22)20-13-10-18-16(19-11-13)23-14-4-2-1-3-5-14/h1-11,20H. The van der Waals surface area contributed by atoms with Crippen LogP contribution in [0.5, 0.6) is 11.8 Å². The van der Waals surface area contributed by atoms with Crippen LogP contribution in [-0.4, -0.2) is 18.4 Å². The fourth-order valence-electron chi connectivity index (χ4n) is 1.84. The summed E-state index contributed by atoms with van der Waals surface area (Å²) in [5.74, 6) is 0.602. The molecule has 0 unspecified atom stereocenters. The lowest BCUT2D eigenvalue weighted by Gasteiger charge is -2.08. The van der Waals surface area contributed by atoms with Gasteiger partial charge in [-0.3, -0.25) is 4.72 Å². The molecular weight excluding hydrogens is 441 g/mol. The van der Waals surface area contributed by atoms with Gasteiger partial charge in [0, 0.05) is 3.57 Å². The van der Waals surface area contributed by atoms with E-state index >= 15 is 0 Å². The van der Waals surface area contributed by atoms with E-state index in [9.17, 15) is 8.42 Å². The van der Waals surface area contributed by atoms with E-state index in [-0.39, 0.29) is 16.6 Å². The molecule has 1 aromatic heterocycles. The monoisotopic (exact) mass is 453 g/mol. The zero-order valence-electron chi connectivity index (χ0n) is 12.3. The second-order valence-corrected chi connectivity index (χ2v) is 7.66. The smallest absolute Gasteiger partial charge is 0.322 e. The van der Waals surface area contributed by atoms with Gasteiger partial charge in [-0.05, 0) is 59.0 Å². The van der Waals surface area contributed by atoms with Crippen molar-refractivity contribution in [2.24, 2.45) is 0 Å². The molecule has 0 aliphatic carbocycles. The molecule has 3 rings (SSSR count). The van der Waals surface area contributed by atoms with Crippen LogP contribution in [0.3, 0.4) is 0 Å². The third-order valence-corrected chi connectivity index (χ3v) is 5.07. The van der Waals surface area contributed by atoms with Gasteiger partial charge in [0.25, 0.3) is 10.0 Å². The highest BCUT2D eigenvalue weighted by Crippen LogP contribution is 2.19. The van der Waals surface area contributed by atoms with Crippen LogP contribution in [0.15, 0.2) is 71.9 Å². The van der Waals surface area contributed by atoms with Gasteiger partial charge < -0.3 is 4.74 Å². The number of hydrogen-bond acceptors (Lipinski definition) is 5. The molecule has 0 atom stereocenters.